The van der Waals surface area contributed by atoms with Crippen molar-refractivity contribution in [2.75, 3.05) is 26.9 Å². The molecule has 0 fully saturated rings. The molecule has 0 spiro atoms. The Bertz CT molecular complexity index is 1020. The van der Waals surface area contributed by atoms with Gasteiger partial charge in [-0.3, -0.25) is 9.59 Å². The second-order valence-corrected chi connectivity index (χ2v) is 6.58. The molecule has 3 rings (SSSR count). The average Bonchev–Trinajstić information content (AvgIpc) is 3.04. The zero-order valence-corrected chi connectivity index (χ0v) is 16.1. The maximum atomic E-state index is 12.4. The third kappa shape index (κ3) is 4.22. The van der Waals surface area contributed by atoms with Gasteiger partial charge in [-0.1, -0.05) is 11.3 Å². The number of esters is 2. The number of benzene rings is 1. The molecule has 0 unspecified atom stereocenters. The summed E-state index contributed by atoms with van der Waals surface area (Å²) in [6.07, 6.45) is 1.22. The van der Waals surface area contributed by atoms with Crippen LogP contribution in [0.15, 0.2) is 35.2 Å². The van der Waals surface area contributed by atoms with Crippen LogP contribution in [0.5, 0.6) is 0 Å². The Morgan fingerprint density at radius 1 is 1.29 bits per heavy atom. The number of methoxy groups -OCH3 is 1. The first-order valence-corrected chi connectivity index (χ1v) is 9.26. The van der Waals surface area contributed by atoms with Crippen molar-refractivity contribution >= 4 is 39.4 Å². The highest BCUT2D eigenvalue weighted by molar-refractivity contribution is 7.16. The number of ether oxygens (including phenoxy) is 4. The Kier molecular flexibility index (Phi) is 6.09. The third-order valence-electron chi connectivity index (χ3n) is 3.75. The van der Waals surface area contributed by atoms with Crippen LogP contribution in [0.25, 0.3) is 10.2 Å². The SMILES string of the molecule is CCOC(=O)Cn1c(=NC(=O)C2=COCCO2)sc2cc(C(=O)OC)ccc21. The summed E-state index contributed by atoms with van der Waals surface area (Å²) in [5.74, 6) is -1.59. The number of thiazole rings is 1. The number of nitrogens with zero attached hydrogens (tertiary/aromatic N) is 2. The van der Waals surface area contributed by atoms with E-state index in [1.807, 2.05) is 0 Å². The minimum Gasteiger partial charge on any atom is -0.494 e. The van der Waals surface area contributed by atoms with Gasteiger partial charge in [0.05, 0.1) is 29.5 Å². The van der Waals surface area contributed by atoms with E-state index in [0.717, 1.165) is 11.3 Å². The molecular weight excluding hydrogens is 388 g/mol. The number of aromatic nitrogens is 1. The molecule has 10 heteroatoms. The van der Waals surface area contributed by atoms with E-state index in [1.54, 1.807) is 29.7 Å². The summed E-state index contributed by atoms with van der Waals surface area (Å²) in [5.41, 5.74) is 0.983. The fourth-order valence-corrected chi connectivity index (χ4v) is 3.58. The zero-order valence-electron chi connectivity index (χ0n) is 15.3. The van der Waals surface area contributed by atoms with Crippen molar-refractivity contribution in [1.82, 2.24) is 4.57 Å². The van der Waals surface area contributed by atoms with Crippen molar-refractivity contribution in [2.24, 2.45) is 4.99 Å². The van der Waals surface area contributed by atoms with Crippen LogP contribution in [-0.4, -0.2) is 49.3 Å². The second kappa shape index (κ2) is 8.70. The fraction of sp³-hybridized carbons (Fsp3) is 0.333. The van der Waals surface area contributed by atoms with Crippen molar-refractivity contribution in [3.63, 3.8) is 0 Å². The molecule has 1 amide bonds. The highest BCUT2D eigenvalue weighted by Gasteiger charge is 2.18. The molecule has 0 saturated carbocycles. The van der Waals surface area contributed by atoms with E-state index in [4.69, 9.17) is 18.9 Å². The van der Waals surface area contributed by atoms with E-state index < -0.39 is 17.8 Å². The lowest BCUT2D eigenvalue weighted by Gasteiger charge is -2.12. The predicted molar refractivity (Wildman–Crippen MR) is 98.3 cm³/mol. The van der Waals surface area contributed by atoms with Crippen LogP contribution in [0.1, 0.15) is 17.3 Å². The topological polar surface area (TPSA) is 105 Å². The Hall–Kier alpha value is -3.14. The molecule has 9 nitrogen and oxygen atoms in total. The largest absolute Gasteiger partial charge is 0.494 e. The highest BCUT2D eigenvalue weighted by Crippen LogP contribution is 2.20. The summed E-state index contributed by atoms with van der Waals surface area (Å²) in [4.78, 5) is 40.5. The Balaban J connectivity index is 2.08. The Morgan fingerprint density at radius 3 is 2.79 bits per heavy atom. The van der Waals surface area contributed by atoms with Crippen LogP contribution in [0, 0.1) is 0 Å². The van der Waals surface area contributed by atoms with Gasteiger partial charge in [-0.2, -0.15) is 4.99 Å². The van der Waals surface area contributed by atoms with Crippen LogP contribution in [0.4, 0.5) is 0 Å². The lowest BCUT2D eigenvalue weighted by atomic mass is 10.2. The third-order valence-corrected chi connectivity index (χ3v) is 4.79. The minimum absolute atomic E-state index is 0.0124. The van der Waals surface area contributed by atoms with Crippen LogP contribution in [-0.2, 0) is 35.1 Å². The molecular formula is C18H18N2O7S. The number of carbonyl (C=O) groups excluding carboxylic acids is 3. The van der Waals surface area contributed by atoms with E-state index in [-0.39, 0.29) is 30.3 Å². The maximum absolute atomic E-state index is 12.4. The summed E-state index contributed by atoms with van der Waals surface area (Å²) in [6, 6.07) is 4.87. The molecule has 0 radical (unpaired) electrons. The van der Waals surface area contributed by atoms with E-state index in [0.29, 0.717) is 22.4 Å². The number of hydrogen-bond acceptors (Lipinski definition) is 8. The summed E-state index contributed by atoms with van der Waals surface area (Å²) in [6.45, 7) is 2.42. The minimum atomic E-state index is -0.628. The summed E-state index contributed by atoms with van der Waals surface area (Å²) >= 11 is 1.15. The van der Waals surface area contributed by atoms with Gasteiger partial charge in [0.1, 0.15) is 26.0 Å². The molecule has 1 aromatic carbocycles. The van der Waals surface area contributed by atoms with Crippen LogP contribution in [0.2, 0.25) is 0 Å². The van der Waals surface area contributed by atoms with Gasteiger partial charge in [0.2, 0.25) is 5.76 Å². The Morgan fingerprint density at radius 2 is 2.11 bits per heavy atom. The smallest absolute Gasteiger partial charge is 0.337 e. The molecule has 0 bridgehead atoms. The first-order chi connectivity index (χ1) is 13.5. The molecule has 1 aliphatic rings. The molecule has 0 N–H and O–H groups in total. The first kappa shape index (κ1) is 19.6. The lowest BCUT2D eigenvalue weighted by molar-refractivity contribution is -0.143. The molecule has 1 aliphatic heterocycles. The van der Waals surface area contributed by atoms with Gasteiger partial charge in [-0.25, -0.2) is 4.79 Å². The molecule has 28 heavy (non-hydrogen) atoms. The molecule has 2 aromatic rings. The van der Waals surface area contributed by atoms with Crippen LogP contribution in [0.3, 0.4) is 0 Å². The zero-order chi connectivity index (χ0) is 20.1. The number of rotatable bonds is 5. The number of fused-ring (bicyclic) bond motifs is 1. The second-order valence-electron chi connectivity index (χ2n) is 5.57. The maximum Gasteiger partial charge on any atom is 0.337 e. The predicted octanol–water partition coefficient (Wildman–Crippen LogP) is 1.37. The van der Waals surface area contributed by atoms with Gasteiger partial charge in [0.25, 0.3) is 0 Å². The number of hydrogen-bond donors (Lipinski definition) is 0. The van der Waals surface area contributed by atoms with Crippen molar-refractivity contribution in [3.05, 3.63) is 40.6 Å². The quantitative estimate of drug-likeness (QED) is 0.691. The molecule has 2 heterocycles. The van der Waals surface area contributed by atoms with Crippen LogP contribution >= 0.6 is 11.3 Å². The molecule has 148 valence electrons. The fourth-order valence-electron chi connectivity index (χ4n) is 2.51. The van der Waals surface area contributed by atoms with Crippen molar-refractivity contribution in [3.8, 4) is 0 Å². The van der Waals surface area contributed by atoms with Gasteiger partial charge in [-0.15, -0.1) is 0 Å². The van der Waals surface area contributed by atoms with Crippen molar-refractivity contribution < 1.29 is 33.3 Å². The van der Waals surface area contributed by atoms with Gasteiger partial charge in [-0.05, 0) is 25.1 Å². The lowest BCUT2D eigenvalue weighted by Crippen LogP contribution is -2.24. The average molecular weight is 406 g/mol. The number of amides is 1. The van der Waals surface area contributed by atoms with E-state index >= 15 is 0 Å². The van der Waals surface area contributed by atoms with E-state index in [1.165, 1.54) is 13.4 Å². The normalized spacial score (nSPS) is 14.1. The summed E-state index contributed by atoms with van der Waals surface area (Å²) < 4.78 is 22.3. The van der Waals surface area contributed by atoms with Gasteiger partial charge in [0.15, 0.2) is 4.80 Å². The summed E-state index contributed by atoms with van der Waals surface area (Å²) in [5, 5.41) is 0. The van der Waals surface area contributed by atoms with E-state index in [2.05, 4.69) is 4.99 Å². The van der Waals surface area contributed by atoms with Gasteiger partial charge in [0, 0.05) is 0 Å². The van der Waals surface area contributed by atoms with Gasteiger partial charge < -0.3 is 23.5 Å². The molecule has 0 aliphatic carbocycles. The highest BCUT2D eigenvalue weighted by atomic mass is 32.1. The molecule has 0 saturated heterocycles. The first-order valence-electron chi connectivity index (χ1n) is 8.44. The Labute approximate surface area is 163 Å². The molecule has 1 aromatic heterocycles. The summed E-state index contributed by atoms with van der Waals surface area (Å²) in [7, 11) is 1.29. The van der Waals surface area contributed by atoms with Crippen molar-refractivity contribution in [2.45, 2.75) is 13.5 Å². The van der Waals surface area contributed by atoms with Gasteiger partial charge >= 0.3 is 17.8 Å². The number of carbonyl (C=O) groups is 3. The molecule has 0 atom stereocenters. The van der Waals surface area contributed by atoms with Crippen LogP contribution < -0.4 is 4.80 Å². The van der Waals surface area contributed by atoms with Crippen molar-refractivity contribution in [1.29, 1.82) is 0 Å². The van der Waals surface area contributed by atoms with E-state index in [9.17, 15) is 14.4 Å². The monoisotopic (exact) mass is 406 g/mol. The standard InChI is InChI=1S/C18H18N2O7S/c1-3-26-15(21)9-20-12-5-4-11(17(23)24-2)8-14(12)28-18(20)19-16(22)13-10-25-6-7-27-13/h4-5,8,10H,3,6-7,9H2,1-2H3.